The molecule has 2 heterocycles. The van der Waals surface area contributed by atoms with Gasteiger partial charge < -0.3 is 15.0 Å². The van der Waals surface area contributed by atoms with Gasteiger partial charge in [0.25, 0.3) is 5.91 Å². The maximum Gasteiger partial charge on any atom is 0.272 e. The number of likely N-dealkylation sites (tertiary alicyclic amines) is 1. The van der Waals surface area contributed by atoms with E-state index in [0.717, 1.165) is 23.4 Å². The molecular formula is C19H24N4O3. The highest BCUT2D eigenvalue weighted by Crippen LogP contribution is 2.15. The quantitative estimate of drug-likeness (QED) is 0.847. The summed E-state index contributed by atoms with van der Waals surface area (Å²) in [6, 6.07) is 9.41. The van der Waals surface area contributed by atoms with Crippen LogP contribution in [0, 0.1) is 6.92 Å². The highest BCUT2D eigenvalue weighted by atomic mass is 16.5. The predicted octanol–water partition coefficient (Wildman–Crippen LogP) is 1.31. The van der Waals surface area contributed by atoms with Gasteiger partial charge in [0.2, 0.25) is 5.91 Å². The van der Waals surface area contributed by atoms with E-state index >= 15 is 0 Å². The normalized spacial score (nSPS) is 16.8. The number of benzene rings is 1. The standard InChI is InChI=1S/C19H24N4O3/c1-13-10-17(21-22(13)2)19(25)20-15-11-18(24)23(12-15)9-8-14-4-6-16(26-3)7-5-14/h4-7,10,15H,8-9,11-12H2,1-3H3,(H,20,25). The molecule has 1 atom stereocenters. The topological polar surface area (TPSA) is 76.5 Å². The SMILES string of the molecule is COc1ccc(CCN2CC(NC(=O)c3cc(C)n(C)n3)CC2=O)cc1. The first-order valence-electron chi connectivity index (χ1n) is 8.68. The number of aromatic nitrogens is 2. The number of ether oxygens (including phenoxy) is 1. The van der Waals surface area contributed by atoms with E-state index < -0.39 is 0 Å². The number of nitrogens with zero attached hydrogens (tertiary/aromatic N) is 3. The van der Waals surface area contributed by atoms with Gasteiger partial charge in [0, 0.05) is 32.3 Å². The van der Waals surface area contributed by atoms with Crippen LogP contribution in [0.2, 0.25) is 0 Å². The smallest absolute Gasteiger partial charge is 0.272 e. The van der Waals surface area contributed by atoms with Crippen molar-refractivity contribution in [2.75, 3.05) is 20.2 Å². The number of rotatable bonds is 6. The van der Waals surface area contributed by atoms with Gasteiger partial charge in [0.05, 0.1) is 13.2 Å². The van der Waals surface area contributed by atoms with Crippen LogP contribution in [-0.2, 0) is 18.3 Å². The Hall–Kier alpha value is -2.83. The molecule has 26 heavy (non-hydrogen) atoms. The predicted molar refractivity (Wildman–Crippen MR) is 97.1 cm³/mol. The molecule has 1 saturated heterocycles. The zero-order chi connectivity index (χ0) is 18.7. The van der Waals surface area contributed by atoms with Crippen molar-refractivity contribution in [3.8, 4) is 5.75 Å². The number of hydrogen-bond donors (Lipinski definition) is 1. The molecule has 0 aliphatic carbocycles. The zero-order valence-corrected chi connectivity index (χ0v) is 15.4. The molecule has 1 aliphatic heterocycles. The molecule has 1 N–H and O–H groups in total. The molecule has 3 rings (SSSR count). The Morgan fingerprint density at radius 2 is 2.08 bits per heavy atom. The molecule has 0 bridgehead atoms. The summed E-state index contributed by atoms with van der Waals surface area (Å²) in [5.74, 6) is 0.656. The van der Waals surface area contributed by atoms with E-state index in [9.17, 15) is 9.59 Å². The largest absolute Gasteiger partial charge is 0.497 e. The monoisotopic (exact) mass is 356 g/mol. The van der Waals surface area contributed by atoms with Gasteiger partial charge in [-0.1, -0.05) is 12.1 Å². The van der Waals surface area contributed by atoms with Gasteiger partial charge in [-0.3, -0.25) is 14.3 Å². The molecule has 0 saturated carbocycles. The molecule has 7 nitrogen and oxygen atoms in total. The van der Waals surface area contributed by atoms with Crippen molar-refractivity contribution >= 4 is 11.8 Å². The molecular weight excluding hydrogens is 332 g/mol. The Balaban J connectivity index is 1.52. The molecule has 1 aliphatic rings. The molecule has 138 valence electrons. The van der Waals surface area contributed by atoms with Gasteiger partial charge in [0.1, 0.15) is 11.4 Å². The number of carbonyl (C=O) groups is 2. The van der Waals surface area contributed by atoms with Crippen LogP contribution in [0.25, 0.3) is 0 Å². The first kappa shape index (κ1) is 18.0. The van der Waals surface area contributed by atoms with E-state index in [0.29, 0.717) is 25.2 Å². The van der Waals surface area contributed by atoms with Crippen LogP contribution in [-0.4, -0.2) is 52.7 Å². The lowest BCUT2D eigenvalue weighted by molar-refractivity contribution is -0.127. The van der Waals surface area contributed by atoms with Crippen molar-refractivity contribution in [3.63, 3.8) is 0 Å². The van der Waals surface area contributed by atoms with Gasteiger partial charge in [-0.2, -0.15) is 5.10 Å². The first-order valence-corrected chi connectivity index (χ1v) is 8.68. The number of aryl methyl sites for hydroxylation is 2. The summed E-state index contributed by atoms with van der Waals surface area (Å²) in [7, 11) is 3.44. The lowest BCUT2D eigenvalue weighted by Crippen LogP contribution is -2.37. The summed E-state index contributed by atoms with van der Waals surface area (Å²) >= 11 is 0. The summed E-state index contributed by atoms with van der Waals surface area (Å²) in [6.07, 6.45) is 1.11. The Morgan fingerprint density at radius 3 is 2.69 bits per heavy atom. The first-order chi connectivity index (χ1) is 12.5. The summed E-state index contributed by atoms with van der Waals surface area (Å²) < 4.78 is 6.81. The molecule has 1 fully saturated rings. The number of amides is 2. The molecule has 0 spiro atoms. The van der Waals surface area contributed by atoms with Gasteiger partial charge in [-0.05, 0) is 37.1 Å². The molecule has 7 heteroatoms. The average Bonchev–Trinajstić information content (AvgIpc) is 3.15. The minimum absolute atomic E-state index is 0.0704. The van der Waals surface area contributed by atoms with Crippen molar-refractivity contribution in [3.05, 3.63) is 47.3 Å². The summed E-state index contributed by atoms with van der Waals surface area (Å²) in [5.41, 5.74) is 2.45. The highest BCUT2D eigenvalue weighted by Gasteiger charge is 2.30. The second-order valence-electron chi connectivity index (χ2n) is 6.61. The van der Waals surface area contributed by atoms with Crippen LogP contribution in [0.15, 0.2) is 30.3 Å². The summed E-state index contributed by atoms with van der Waals surface area (Å²) in [6.45, 7) is 3.07. The molecule has 1 aromatic heterocycles. The number of carbonyl (C=O) groups excluding carboxylic acids is 2. The molecule has 2 aromatic rings. The van der Waals surface area contributed by atoms with Gasteiger partial charge in [-0.25, -0.2) is 0 Å². The lowest BCUT2D eigenvalue weighted by Gasteiger charge is -2.17. The van der Waals surface area contributed by atoms with E-state index in [1.807, 2.05) is 31.2 Å². The lowest BCUT2D eigenvalue weighted by atomic mass is 10.1. The Labute approximate surface area is 152 Å². The van der Waals surface area contributed by atoms with Crippen LogP contribution in [0.1, 0.15) is 28.2 Å². The molecule has 2 amide bonds. The van der Waals surface area contributed by atoms with Crippen molar-refractivity contribution in [2.45, 2.75) is 25.8 Å². The van der Waals surface area contributed by atoms with Crippen molar-refractivity contribution < 1.29 is 14.3 Å². The number of hydrogen-bond acceptors (Lipinski definition) is 4. The van der Waals surface area contributed by atoms with Crippen LogP contribution in [0.5, 0.6) is 5.75 Å². The third-order valence-corrected chi connectivity index (χ3v) is 4.73. The summed E-state index contributed by atoms with van der Waals surface area (Å²) in [5, 5.41) is 7.09. The van der Waals surface area contributed by atoms with Crippen molar-refractivity contribution in [1.29, 1.82) is 0 Å². The Morgan fingerprint density at radius 1 is 1.35 bits per heavy atom. The van der Waals surface area contributed by atoms with Crippen molar-refractivity contribution in [1.82, 2.24) is 20.0 Å². The zero-order valence-electron chi connectivity index (χ0n) is 15.4. The third kappa shape index (κ3) is 4.04. The second kappa shape index (κ2) is 7.59. The highest BCUT2D eigenvalue weighted by molar-refractivity contribution is 5.93. The van der Waals surface area contributed by atoms with E-state index in [-0.39, 0.29) is 17.9 Å². The van der Waals surface area contributed by atoms with Crippen LogP contribution >= 0.6 is 0 Å². The third-order valence-electron chi connectivity index (χ3n) is 4.73. The fraction of sp³-hybridized carbons (Fsp3) is 0.421. The van der Waals surface area contributed by atoms with E-state index in [4.69, 9.17) is 4.74 Å². The maximum absolute atomic E-state index is 12.3. The fourth-order valence-electron chi connectivity index (χ4n) is 3.07. The fourth-order valence-corrected chi connectivity index (χ4v) is 3.07. The van der Waals surface area contributed by atoms with E-state index in [2.05, 4.69) is 10.4 Å². The minimum atomic E-state index is -0.233. The second-order valence-corrected chi connectivity index (χ2v) is 6.61. The number of nitrogens with one attached hydrogen (secondary N) is 1. The van der Waals surface area contributed by atoms with E-state index in [1.54, 1.807) is 29.8 Å². The van der Waals surface area contributed by atoms with Crippen molar-refractivity contribution in [2.24, 2.45) is 7.05 Å². The van der Waals surface area contributed by atoms with Crippen LogP contribution in [0.4, 0.5) is 0 Å². The van der Waals surface area contributed by atoms with Gasteiger partial charge >= 0.3 is 0 Å². The van der Waals surface area contributed by atoms with Gasteiger partial charge in [-0.15, -0.1) is 0 Å². The molecule has 1 unspecified atom stereocenters. The average molecular weight is 356 g/mol. The van der Waals surface area contributed by atoms with Crippen LogP contribution in [0.3, 0.4) is 0 Å². The Bertz CT molecular complexity index is 778. The Kier molecular flexibility index (Phi) is 5.25. The summed E-state index contributed by atoms with van der Waals surface area (Å²) in [4.78, 5) is 26.3. The van der Waals surface area contributed by atoms with E-state index in [1.165, 1.54) is 0 Å². The van der Waals surface area contributed by atoms with Gasteiger partial charge in [0.15, 0.2) is 0 Å². The molecule has 1 aromatic carbocycles. The molecule has 0 radical (unpaired) electrons. The van der Waals surface area contributed by atoms with Crippen LogP contribution < -0.4 is 10.1 Å². The maximum atomic E-state index is 12.3. The minimum Gasteiger partial charge on any atom is -0.497 e. The number of methoxy groups -OCH3 is 1.